The van der Waals surface area contributed by atoms with Gasteiger partial charge < -0.3 is 20.2 Å². The minimum atomic E-state index is -3.09. The van der Waals surface area contributed by atoms with E-state index < -0.39 is 44.6 Å². The molecule has 38 heavy (non-hydrogen) atoms. The van der Waals surface area contributed by atoms with Gasteiger partial charge in [-0.1, -0.05) is 68.2 Å². The van der Waals surface area contributed by atoms with Gasteiger partial charge in [-0.2, -0.15) is 0 Å². The van der Waals surface area contributed by atoms with Gasteiger partial charge in [-0.25, -0.2) is 0 Å². The summed E-state index contributed by atoms with van der Waals surface area (Å²) in [5.41, 5.74) is 0. The Morgan fingerprint density at radius 3 is 0.789 bits per heavy atom. The molecule has 0 aliphatic heterocycles. The Hall–Kier alpha value is 2.29. The fraction of sp³-hybridized carbons (Fsp3) is 1.00. The minimum absolute atomic E-state index is 0. The first-order valence-electron chi connectivity index (χ1n) is 14.4. The van der Waals surface area contributed by atoms with Crippen LogP contribution in [0.4, 0.5) is 0 Å². The second-order valence-electron chi connectivity index (χ2n) is 9.65. The molecule has 0 spiro atoms. The van der Waals surface area contributed by atoms with Crippen molar-refractivity contribution in [1.82, 2.24) is 0 Å². The fourth-order valence-corrected chi connectivity index (χ4v) is 18.2. The van der Waals surface area contributed by atoms with Gasteiger partial charge in [-0.15, -0.1) is 0 Å². The maximum absolute atomic E-state index is 13.3. The second kappa shape index (κ2) is 24.7. The van der Waals surface area contributed by atoms with Crippen LogP contribution in [0.2, 0.25) is 0 Å². The summed E-state index contributed by atoms with van der Waals surface area (Å²) in [5.74, 6) is 0. The van der Waals surface area contributed by atoms with E-state index in [1.807, 2.05) is 55.4 Å². The molecule has 0 saturated carbocycles. The van der Waals surface area contributed by atoms with Crippen LogP contribution in [-0.2, 0) is 29.0 Å². The number of hydrogen-bond acceptors (Lipinski definition) is 8. The summed E-state index contributed by atoms with van der Waals surface area (Å²) in [5, 5.41) is 0. The van der Waals surface area contributed by atoms with Crippen molar-refractivity contribution in [2.24, 2.45) is 0 Å². The van der Waals surface area contributed by atoms with E-state index in [9.17, 15) is 23.2 Å². The van der Waals surface area contributed by atoms with Crippen LogP contribution >= 0.6 is 29.5 Å². The van der Waals surface area contributed by atoms with Crippen molar-refractivity contribution in [2.45, 2.75) is 107 Å². The van der Waals surface area contributed by atoms with Gasteiger partial charge in [-0.3, -0.25) is 13.7 Å². The van der Waals surface area contributed by atoms with E-state index >= 15 is 0 Å². The summed E-state index contributed by atoms with van der Waals surface area (Å²) in [6.07, 6.45) is 9.23. The van der Waals surface area contributed by atoms with Crippen LogP contribution in [0.1, 0.15) is 107 Å². The molecule has 0 aromatic heterocycles. The van der Waals surface area contributed by atoms with Crippen LogP contribution in [-0.4, -0.2) is 64.4 Å². The maximum atomic E-state index is 13.3. The average molecular weight is 647 g/mol. The second-order valence-corrected chi connectivity index (χ2v) is 22.9. The molecule has 0 heterocycles. The summed E-state index contributed by atoms with van der Waals surface area (Å²) in [4.78, 5) is 10.9. The van der Waals surface area contributed by atoms with Crippen molar-refractivity contribution in [3.63, 3.8) is 0 Å². The van der Waals surface area contributed by atoms with E-state index in [1.54, 1.807) is 0 Å². The zero-order chi connectivity index (χ0) is 29.0. The Labute approximate surface area is 262 Å². The molecule has 0 aromatic carbocycles. The summed E-state index contributed by atoms with van der Waals surface area (Å²) in [6.45, 7) is 15.5. The predicted octanol–water partition coefficient (Wildman–Crippen LogP) is 5.76. The molecule has 224 valence electrons. The summed E-state index contributed by atoms with van der Waals surface area (Å²) in [7, 11) is -11.8. The standard InChI is InChI=1S/4C6H15O2P.Al.Na/c4*1-3-5-9(7,8)6-4-2;;/h4*3-6H2,1-2H3,(H,7,8);;/q;;;;+3;+1/p-4. The van der Waals surface area contributed by atoms with E-state index in [0.717, 1.165) is 51.4 Å². The first-order valence-corrected chi connectivity index (χ1v) is 23.7. The van der Waals surface area contributed by atoms with Gasteiger partial charge in [-0.05, 0) is 50.8 Å². The van der Waals surface area contributed by atoms with E-state index in [4.69, 9.17) is 10.7 Å². The van der Waals surface area contributed by atoms with Crippen LogP contribution in [0.15, 0.2) is 0 Å². The number of rotatable bonds is 22. The molecule has 0 bridgehead atoms. The van der Waals surface area contributed by atoms with Crippen LogP contribution in [0, 0.1) is 0 Å². The van der Waals surface area contributed by atoms with E-state index in [2.05, 4.69) is 0 Å². The maximum Gasteiger partial charge on any atom is 1.00 e. The molecule has 0 aliphatic rings. The van der Waals surface area contributed by atoms with Crippen molar-refractivity contribution < 1.29 is 63.4 Å². The number of hydrogen-bond donors (Lipinski definition) is 0. The van der Waals surface area contributed by atoms with E-state index in [-0.39, 0.29) is 29.6 Å². The third-order valence-electron chi connectivity index (χ3n) is 5.35. The average Bonchev–Trinajstić information content (AvgIpc) is 2.74. The smallest absolute Gasteiger partial charge is 0.799 e. The predicted molar refractivity (Wildman–Crippen MR) is 161 cm³/mol. The van der Waals surface area contributed by atoms with E-state index in [0.29, 0.717) is 49.3 Å². The largest absolute Gasteiger partial charge is 1.00 e. The monoisotopic (exact) mass is 646 g/mol. The topological polar surface area (TPSA) is 119 Å². The Morgan fingerprint density at radius 1 is 0.447 bits per heavy atom. The van der Waals surface area contributed by atoms with Crippen molar-refractivity contribution in [2.75, 3.05) is 49.3 Å². The minimum Gasteiger partial charge on any atom is -0.799 e. The van der Waals surface area contributed by atoms with Crippen LogP contribution in [0.3, 0.4) is 0 Å². The molecule has 0 rings (SSSR count). The van der Waals surface area contributed by atoms with E-state index in [1.165, 1.54) is 0 Å². The molecule has 14 heteroatoms. The molecular weight excluding hydrogens is 590 g/mol. The zero-order valence-corrected chi connectivity index (χ0v) is 32.7. The van der Waals surface area contributed by atoms with Gasteiger partial charge in [0.15, 0.2) is 22.1 Å². The molecule has 0 aromatic rings. The summed E-state index contributed by atoms with van der Waals surface area (Å²) < 4.78 is 68.8. The Bertz CT molecular complexity index is 656. The van der Waals surface area contributed by atoms with Crippen molar-refractivity contribution in [3.8, 4) is 0 Å². The Balaban J connectivity index is -0.00000104. The van der Waals surface area contributed by atoms with Crippen molar-refractivity contribution in [1.29, 1.82) is 0 Å². The zero-order valence-electron chi connectivity index (χ0n) is 25.9. The molecule has 0 N–H and O–H groups in total. The molecule has 0 fully saturated rings. The van der Waals surface area contributed by atoms with Crippen LogP contribution < -0.4 is 34.5 Å². The quantitative estimate of drug-likeness (QED) is 0.108. The molecule has 0 unspecified atom stereocenters. The van der Waals surface area contributed by atoms with Gasteiger partial charge in [0.25, 0.3) is 0 Å². The van der Waals surface area contributed by atoms with Gasteiger partial charge in [0, 0.05) is 44.3 Å². The summed E-state index contributed by atoms with van der Waals surface area (Å²) in [6, 6.07) is 0. The molecule has 8 nitrogen and oxygen atoms in total. The van der Waals surface area contributed by atoms with Crippen LogP contribution in [0.25, 0.3) is 0 Å². The van der Waals surface area contributed by atoms with Gasteiger partial charge >= 0.3 is 44.7 Å². The van der Waals surface area contributed by atoms with Gasteiger partial charge in [0.1, 0.15) is 0 Å². The van der Waals surface area contributed by atoms with Crippen molar-refractivity contribution >= 4 is 44.6 Å². The first kappa shape index (κ1) is 44.7. The van der Waals surface area contributed by atoms with Gasteiger partial charge in [0.05, 0.1) is 0 Å². The molecular formula is C24H56AlNaO8P4. The fourth-order valence-electron chi connectivity index (χ4n) is 4.02. The molecule has 0 amide bonds. The van der Waals surface area contributed by atoms with Crippen molar-refractivity contribution in [3.05, 3.63) is 0 Å². The first-order chi connectivity index (χ1) is 17.3. The molecule has 0 saturated heterocycles. The molecule has 0 atom stereocenters. The third kappa shape index (κ3) is 21.9. The molecule has 0 radical (unpaired) electrons. The third-order valence-corrected chi connectivity index (χ3v) is 21.1. The Morgan fingerprint density at radius 2 is 0.632 bits per heavy atom. The van der Waals surface area contributed by atoms with Crippen LogP contribution in [0.5, 0.6) is 0 Å². The SMILES string of the molecule is CCCP(=O)(CCC)[O][Al]([O]P(=O)(CCC)CCC)[O]P(=O)(CCC)CCC.CCCP(=O)([O-])CCC.[Na+]. The normalized spacial score (nSPS) is 12.4. The Kier molecular flexibility index (Phi) is 29.1. The van der Waals surface area contributed by atoms with Gasteiger partial charge in [0.2, 0.25) is 0 Å². The molecule has 0 aliphatic carbocycles. The summed E-state index contributed by atoms with van der Waals surface area (Å²) >= 11 is -3.09.